The van der Waals surface area contributed by atoms with Crippen molar-refractivity contribution in [3.8, 4) is 29.1 Å². The van der Waals surface area contributed by atoms with Gasteiger partial charge in [0, 0.05) is 18.2 Å². The van der Waals surface area contributed by atoms with Crippen molar-refractivity contribution in [1.82, 2.24) is 5.32 Å². The zero-order chi connectivity index (χ0) is 15.2. The molecule has 1 aliphatic carbocycles. The molecule has 0 spiro atoms. The van der Waals surface area contributed by atoms with Crippen LogP contribution in [0.5, 0.6) is 23.0 Å². The zero-order valence-electron chi connectivity index (χ0n) is 12.5. The molecule has 0 saturated heterocycles. The molecule has 0 heterocycles. The number of nitriles is 1. The summed E-state index contributed by atoms with van der Waals surface area (Å²) < 4.78 is 21.4. The number of benzene rings is 1. The molecule has 1 unspecified atom stereocenters. The molecule has 2 rings (SSSR count). The lowest BCUT2D eigenvalue weighted by Crippen LogP contribution is -2.34. The van der Waals surface area contributed by atoms with E-state index in [4.69, 9.17) is 24.2 Å². The van der Waals surface area contributed by atoms with Gasteiger partial charge in [-0.05, 0) is 12.8 Å². The van der Waals surface area contributed by atoms with Gasteiger partial charge in [-0.3, -0.25) is 5.32 Å². The van der Waals surface area contributed by atoms with E-state index in [1.807, 2.05) is 0 Å². The van der Waals surface area contributed by atoms with Crippen molar-refractivity contribution in [2.24, 2.45) is 0 Å². The Kier molecular flexibility index (Phi) is 5.12. The molecule has 114 valence electrons. The van der Waals surface area contributed by atoms with Gasteiger partial charge in [-0.1, -0.05) is 0 Å². The molecule has 0 aliphatic heterocycles. The van der Waals surface area contributed by atoms with E-state index in [2.05, 4.69) is 11.4 Å². The highest BCUT2D eigenvalue weighted by atomic mass is 16.5. The highest BCUT2D eigenvalue weighted by Crippen LogP contribution is 2.40. The lowest BCUT2D eigenvalue weighted by Gasteiger charge is -2.16. The minimum absolute atomic E-state index is 0.269. The minimum Gasteiger partial charge on any atom is -0.493 e. The van der Waals surface area contributed by atoms with Crippen LogP contribution in [-0.4, -0.2) is 40.0 Å². The number of hydrogen-bond acceptors (Lipinski definition) is 6. The first-order valence-electron chi connectivity index (χ1n) is 6.80. The Hall–Kier alpha value is -2.13. The lowest BCUT2D eigenvalue weighted by atomic mass is 10.2. The third-order valence-electron chi connectivity index (χ3n) is 3.22. The van der Waals surface area contributed by atoms with Crippen molar-refractivity contribution in [2.45, 2.75) is 24.9 Å². The van der Waals surface area contributed by atoms with E-state index >= 15 is 0 Å². The van der Waals surface area contributed by atoms with Crippen LogP contribution in [0.2, 0.25) is 0 Å². The van der Waals surface area contributed by atoms with Crippen LogP contribution in [0, 0.1) is 11.3 Å². The van der Waals surface area contributed by atoms with Gasteiger partial charge in [0.15, 0.2) is 11.5 Å². The topological polar surface area (TPSA) is 72.7 Å². The van der Waals surface area contributed by atoms with E-state index in [1.165, 1.54) is 0 Å². The van der Waals surface area contributed by atoms with Gasteiger partial charge in [-0.2, -0.15) is 5.26 Å². The molecular weight excluding hydrogens is 272 g/mol. The lowest BCUT2D eigenvalue weighted by molar-refractivity contribution is 0.279. The number of methoxy groups -OCH3 is 3. The third kappa shape index (κ3) is 3.92. The van der Waals surface area contributed by atoms with Gasteiger partial charge >= 0.3 is 0 Å². The van der Waals surface area contributed by atoms with Crippen molar-refractivity contribution in [3.63, 3.8) is 0 Å². The summed E-state index contributed by atoms with van der Waals surface area (Å²) in [6, 6.07) is 5.76. The Morgan fingerprint density at radius 3 is 2.24 bits per heavy atom. The molecule has 1 aromatic carbocycles. The minimum atomic E-state index is -0.323. The molecule has 0 radical (unpaired) electrons. The van der Waals surface area contributed by atoms with Crippen LogP contribution >= 0.6 is 0 Å². The molecule has 1 fully saturated rings. The van der Waals surface area contributed by atoms with Crippen LogP contribution < -0.4 is 24.3 Å². The van der Waals surface area contributed by atoms with Gasteiger partial charge in [0.1, 0.15) is 18.4 Å². The SMILES string of the molecule is COc1cc(OCC(C#N)NC2CC2)cc(OC)c1OC. The number of nitrogens with one attached hydrogen (secondary N) is 1. The Morgan fingerprint density at radius 2 is 1.81 bits per heavy atom. The average Bonchev–Trinajstić information content (AvgIpc) is 3.34. The highest BCUT2D eigenvalue weighted by molar-refractivity contribution is 5.55. The first-order valence-corrected chi connectivity index (χ1v) is 6.80. The summed E-state index contributed by atoms with van der Waals surface area (Å²) >= 11 is 0. The van der Waals surface area contributed by atoms with Gasteiger partial charge in [-0.25, -0.2) is 0 Å². The summed E-state index contributed by atoms with van der Waals surface area (Å²) in [7, 11) is 4.65. The molecule has 0 bridgehead atoms. The second-order valence-electron chi connectivity index (χ2n) is 4.79. The van der Waals surface area contributed by atoms with Crippen LogP contribution in [0.3, 0.4) is 0 Å². The molecule has 0 amide bonds. The molecule has 1 N–H and O–H groups in total. The first-order chi connectivity index (χ1) is 10.2. The summed E-state index contributed by atoms with van der Waals surface area (Å²) in [4.78, 5) is 0. The van der Waals surface area contributed by atoms with Gasteiger partial charge in [0.2, 0.25) is 5.75 Å². The van der Waals surface area contributed by atoms with Crippen LogP contribution in [0.1, 0.15) is 12.8 Å². The van der Waals surface area contributed by atoms with E-state index in [0.717, 1.165) is 12.8 Å². The Labute approximate surface area is 124 Å². The summed E-state index contributed by atoms with van der Waals surface area (Å²) in [5, 5.41) is 12.3. The quantitative estimate of drug-likeness (QED) is 0.786. The molecule has 1 atom stereocenters. The molecular formula is C15H20N2O4. The smallest absolute Gasteiger partial charge is 0.203 e. The van der Waals surface area contributed by atoms with Crippen molar-refractivity contribution in [3.05, 3.63) is 12.1 Å². The van der Waals surface area contributed by atoms with Crippen LogP contribution in [0.25, 0.3) is 0 Å². The van der Waals surface area contributed by atoms with Gasteiger partial charge in [0.25, 0.3) is 0 Å². The zero-order valence-corrected chi connectivity index (χ0v) is 12.5. The molecule has 1 aliphatic rings. The first kappa shape index (κ1) is 15.3. The molecule has 1 saturated carbocycles. The maximum Gasteiger partial charge on any atom is 0.203 e. The second kappa shape index (κ2) is 7.04. The van der Waals surface area contributed by atoms with E-state index in [1.54, 1.807) is 33.5 Å². The molecule has 6 nitrogen and oxygen atoms in total. The Bertz CT molecular complexity index is 498. The monoisotopic (exact) mass is 292 g/mol. The highest BCUT2D eigenvalue weighted by Gasteiger charge is 2.25. The predicted molar refractivity (Wildman–Crippen MR) is 77.2 cm³/mol. The fourth-order valence-corrected chi connectivity index (χ4v) is 1.98. The van der Waals surface area contributed by atoms with E-state index in [9.17, 15) is 0 Å². The van der Waals surface area contributed by atoms with E-state index < -0.39 is 0 Å². The largest absolute Gasteiger partial charge is 0.493 e. The molecule has 1 aromatic rings. The fourth-order valence-electron chi connectivity index (χ4n) is 1.98. The number of rotatable bonds is 8. The maximum atomic E-state index is 9.10. The molecule has 21 heavy (non-hydrogen) atoms. The van der Waals surface area contributed by atoms with Gasteiger partial charge in [-0.15, -0.1) is 0 Å². The van der Waals surface area contributed by atoms with Crippen molar-refractivity contribution in [2.75, 3.05) is 27.9 Å². The van der Waals surface area contributed by atoms with E-state index in [0.29, 0.717) is 29.0 Å². The maximum absolute atomic E-state index is 9.10. The van der Waals surface area contributed by atoms with Gasteiger partial charge < -0.3 is 18.9 Å². The summed E-state index contributed by atoms with van der Waals surface area (Å²) in [5.41, 5.74) is 0. The Morgan fingerprint density at radius 1 is 1.19 bits per heavy atom. The summed E-state index contributed by atoms with van der Waals surface area (Å²) in [5.74, 6) is 2.13. The summed E-state index contributed by atoms with van der Waals surface area (Å²) in [6.45, 7) is 0.269. The van der Waals surface area contributed by atoms with Crippen LogP contribution in [-0.2, 0) is 0 Å². The normalized spacial score (nSPS) is 15.0. The van der Waals surface area contributed by atoms with Crippen LogP contribution in [0.4, 0.5) is 0 Å². The number of hydrogen-bond donors (Lipinski definition) is 1. The fraction of sp³-hybridized carbons (Fsp3) is 0.533. The van der Waals surface area contributed by atoms with Crippen LogP contribution in [0.15, 0.2) is 12.1 Å². The Balaban J connectivity index is 2.06. The van der Waals surface area contributed by atoms with Crippen molar-refractivity contribution >= 4 is 0 Å². The average molecular weight is 292 g/mol. The van der Waals surface area contributed by atoms with E-state index in [-0.39, 0.29) is 12.6 Å². The number of ether oxygens (including phenoxy) is 4. The van der Waals surface area contributed by atoms with Crippen molar-refractivity contribution < 1.29 is 18.9 Å². The number of nitrogens with zero attached hydrogens (tertiary/aromatic N) is 1. The molecule has 6 heteroatoms. The molecule has 0 aromatic heterocycles. The van der Waals surface area contributed by atoms with Gasteiger partial charge in [0.05, 0.1) is 27.4 Å². The predicted octanol–water partition coefficient (Wildman–Crippen LogP) is 1.74. The second-order valence-corrected chi connectivity index (χ2v) is 4.79. The van der Waals surface area contributed by atoms with Crippen molar-refractivity contribution in [1.29, 1.82) is 5.26 Å². The summed E-state index contributed by atoms with van der Waals surface area (Å²) in [6.07, 6.45) is 2.25. The standard InChI is InChI=1S/C15H20N2O4/c1-18-13-6-12(7-14(19-2)15(13)20-3)21-9-11(8-16)17-10-4-5-10/h6-7,10-11,17H,4-5,9H2,1-3H3. The third-order valence-corrected chi connectivity index (χ3v) is 3.22.